The van der Waals surface area contributed by atoms with Gasteiger partial charge in [-0.05, 0) is 48.6 Å². The number of carboxylic acid groups (broad SMARTS) is 2. The van der Waals surface area contributed by atoms with Crippen molar-refractivity contribution in [3.8, 4) is 16.9 Å². The van der Waals surface area contributed by atoms with Crippen LogP contribution in [0.3, 0.4) is 0 Å². The number of fused-ring (bicyclic) bond motifs is 2. The van der Waals surface area contributed by atoms with Crippen LogP contribution < -0.4 is 16.0 Å². The molecule has 216 valence electrons. The van der Waals surface area contributed by atoms with Crippen LogP contribution in [0.25, 0.3) is 32.8 Å². The predicted octanol–water partition coefficient (Wildman–Crippen LogP) is 3.45. The van der Waals surface area contributed by atoms with Gasteiger partial charge < -0.3 is 36.2 Å². The van der Waals surface area contributed by atoms with E-state index in [0.717, 1.165) is 10.8 Å². The molecule has 1 aliphatic heterocycles. The second-order valence-electron chi connectivity index (χ2n) is 9.14. The van der Waals surface area contributed by atoms with Gasteiger partial charge in [-0.25, -0.2) is 9.37 Å². The summed E-state index contributed by atoms with van der Waals surface area (Å²) in [6.07, 6.45) is 0. The Morgan fingerprint density at radius 1 is 1.17 bits per heavy atom. The minimum Gasteiger partial charge on any atom is -0.508 e. The number of rotatable bonds is 6. The second-order valence-corrected chi connectivity index (χ2v) is 9.55. The Bertz CT molecular complexity index is 1580. The smallest absolute Gasteiger partial charge is 0.290 e. The molecule has 0 saturated carbocycles. The Morgan fingerprint density at radius 2 is 1.80 bits per heavy atom. The van der Waals surface area contributed by atoms with Crippen LogP contribution >= 0.6 is 11.6 Å². The molecule has 0 unspecified atom stereocenters. The molecule has 0 amide bonds. The van der Waals surface area contributed by atoms with Gasteiger partial charge in [0.25, 0.3) is 12.9 Å². The third-order valence-corrected chi connectivity index (χ3v) is 6.61. The molecule has 4 aromatic rings. The fraction of sp³-hybridized carbons (Fsp3) is 0.222. The fourth-order valence-electron chi connectivity index (χ4n) is 4.33. The van der Waals surface area contributed by atoms with E-state index in [1.807, 2.05) is 43.3 Å². The number of anilines is 2. The van der Waals surface area contributed by atoms with Crippen molar-refractivity contribution in [3.05, 3.63) is 53.3 Å². The number of phenols is 1. The van der Waals surface area contributed by atoms with E-state index in [0.29, 0.717) is 41.8 Å². The lowest BCUT2D eigenvalue weighted by molar-refractivity contribution is -0.123. The van der Waals surface area contributed by atoms with Crippen LogP contribution in [-0.4, -0.2) is 88.7 Å². The summed E-state index contributed by atoms with van der Waals surface area (Å²) in [7, 11) is 4.02. The van der Waals surface area contributed by atoms with E-state index < -0.39 is 5.82 Å². The van der Waals surface area contributed by atoms with Crippen molar-refractivity contribution < 1.29 is 29.3 Å². The Balaban J connectivity index is 0.000000710. The number of nitrogens with zero attached hydrogens (tertiary/aromatic N) is 4. The molecule has 1 aromatic heterocycles. The van der Waals surface area contributed by atoms with E-state index in [9.17, 15) is 5.11 Å². The highest BCUT2D eigenvalue weighted by molar-refractivity contribution is 6.35. The van der Waals surface area contributed by atoms with Crippen molar-refractivity contribution in [2.45, 2.75) is 6.04 Å². The predicted molar refractivity (Wildman–Crippen MR) is 157 cm³/mol. The van der Waals surface area contributed by atoms with E-state index in [1.165, 1.54) is 6.07 Å². The first-order chi connectivity index (χ1) is 19.6. The molecule has 41 heavy (non-hydrogen) atoms. The van der Waals surface area contributed by atoms with Crippen LogP contribution in [0, 0.1) is 11.2 Å². The number of aromatic hydroxyl groups is 1. The Kier molecular flexibility index (Phi) is 10.2. The van der Waals surface area contributed by atoms with Gasteiger partial charge >= 0.3 is 0 Å². The molecular weight excluding hydrogens is 557 g/mol. The van der Waals surface area contributed by atoms with Gasteiger partial charge in [0.1, 0.15) is 22.9 Å². The standard InChI is InChI=1S/C25H25ClFN7O.2CH2O2/c1-33(2)14-11-34(12-14)25-31-23-18(24(32-25)30-10-20(28)29)9-19(26)21(22(23)27)17-8-15(35)7-13-5-3-4-6-16(13)17;2*2-1-3/h3-9,14,35H,10-12H2,1-2H3,(H3,28,29)(H,30,31,32);2*1H,(H,2,3). The van der Waals surface area contributed by atoms with Crippen molar-refractivity contribution in [2.24, 2.45) is 5.73 Å². The largest absolute Gasteiger partial charge is 0.508 e. The third-order valence-electron chi connectivity index (χ3n) is 6.31. The lowest BCUT2D eigenvalue weighted by Crippen LogP contribution is -2.58. The molecule has 2 heterocycles. The number of hydrogen-bond acceptors (Lipinski definition) is 9. The van der Waals surface area contributed by atoms with Crippen molar-refractivity contribution in [2.75, 3.05) is 43.9 Å². The van der Waals surface area contributed by atoms with E-state index >= 15 is 4.39 Å². The van der Waals surface area contributed by atoms with Crippen LogP contribution in [0.2, 0.25) is 5.02 Å². The third kappa shape index (κ3) is 6.88. The summed E-state index contributed by atoms with van der Waals surface area (Å²) in [4.78, 5) is 30.0. The Morgan fingerprint density at radius 3 is 2.41 bits per heavy atom. The average Bonchev–Trinajstić information content (AvgIpc) is 2.87. The fourth-order valence-corrected chi connectivity index (χ4v) is 4.63. The number of benzene rings is 3. The first kappa shape index (κ1) is 30.8. The molecule has 5 rings (SSSR count). The number of amidine groups is 1. The van der Waals surface area contributed by atoms with Crippen LogP contribution in [0.15, 0.2) is 42.5 Å². The zero-order valence-corrected chi connectivity index (χ0v) is 22.9. The van der Waals surface area contributed by atoms with E-state index in [1.54, 1.807) is 12.1 Å². The van der Waals surface area contributed by atoms with Crippen molar-refractivity contribution in [3.63, 3.8) is 0 Å². The SMILES string of the molecule is CN(C)C1CN(c2nc(NCC(=N)N)c3cc(Cl)c(-c4cc(O)cc5ccccc45)c(F)c3n2)C1.O=CO.O=CO. The molecule has 7 N–H and O–H groups in total. The molecule has 1 aliphatic rings. The summed E-state index contributed by atoms with van der Waals surface area (Å²) < 4.78 is 16.2. The van der Waals surface area contributed by atoms with E-state index in [-0.39, 0.29) is 47.2 Å². The topological polar surface area (TPSA) is 189 Å². The van der Waals surface area contributed by atoms with Crippen LogP contribution in [0.4, 0.5) is 16.2 Å². The molecule has 0 aliphatic carbocycles. The first-order valence-electron chi connectivity index (χ1n) is 12.1. The monoisotopic (exact) mass is 585 g/mol. The van der Waals surface area contributed by atoms with Gasteiger partial charge in [-0.1, -0.05) is 35.9 Å². The number of nitrogens with two attached hydrogens (primary N) is 1. The van der Waals surface area contributed by atoms with Gasteiger partial charge in [-0.15, -0.1) is 0 Å². The zero-order valence-electron chi connectivity index (χ0n) is 22.2. The van der Waals surface area contributed by atoms with E-state index in [2.05, 4.69) is 20.2 Å². The number of phenolic OH excluding ortho intramolecular Hbond substituents is 1. The maximum Gasteiger partial charge on any atom is 0.290 e. The van der Waals surface area contributed by atoms with Gasteiger partial charge in [0.2, 0.25) is 5.95 Å². The van der Waals surface area contributed by atoms with E-state index in [4.69, 9.17) is 42.5 Å². The molecule has 1 saturated heterocycles. The van der Waals surface area contributed by atoms with Gasteiger partial charge in [0.15, 0.2) is 5.82 Å². The van der Waals surface area contributed by atoms with Crippen LogP contribution in [0.1, 0.15) is 0 Å². The highest BCUT2D eigenvalue weighted by Crippen LogP contribution is 2.42. The first-order valence-corrected chi connectivity index (χ1v) is 12.5. The summed E-state index contributed by atoms with van der Waals surface area (Å²) in [6, 6.07) is 12.5. The van der Waals surface area contributed by atoms with Crippen LogP contribution in [-0.2, 0) is 9.59 Å². The maximum absolute atomic E-state index is 16.2. The molecular formula is C27H29ClFN7O5. The second kappa shape index (κ2) is 13.5. The normalized spacial score (nSPS) is 12.6. The Labute approximate surface area is 239 Å². The Hall–Kier alpha value is -4.75. The van der Waals surface area contributed by atoms with Gasteiger partial charge in [-0.3, -0.25) is 15.0 Å². The molecule has 0 radical (unpaired) electrons. The van der Waals surface area contributed by atoms with Gasteiger partial charge in [-0.2, -0.15) is 4.98 Å². The molecule has 0 bridgehead atoms. The molecule has 0 spiro atoms. The molecule has 14 heteroatoms. The molecule has 12 nitrogen and oxygen atoms in total. The summed E-state index contributed by atoms with van der Waals surface area (Å²) in [5, 5.41) is 36.7. The number of nitrogens with one attached hydrogen (secondary N) is 2. The lowest BCUT2D eigenvalue weighted by atomic mass is 9.96. The van der Waals surface area contributed by atoms with Crippen molar-refractivity contribution >= 4 is 63.8 Å². The number of halogens is 2. The summed E-state index contributed by atoms with van der Waals surface area (Å²) in [5.74, 6) is 0.0554. The van der Waals surface area contributed by atoms with Gasteiger partial charge in [0, 0.05) is 30.1 Å². The highest BCUT2D eigenvalue weighted by Gasteiger charge is 2.31. The number of hydrogen-bond donors (Lipinski definition) is 6. The highest BCUT2D eigenvalue weighted by atomic mass is 35.5. The minimum absolute atomic E-state index is 0.0109. The summed E-state index contributed by atoms with van der Waals surface area (Å²) in [5.41, 5.74) is 6.26. The number of carbonyl (C=O) groups is 2. The molecule has 3 aromatic carbocycles. The number of aromatic nitrogens is 2. The average molecular weight is 586 g/mol. The van der Waals surface area contributed by atoms with Crippen molar-refractivity contribution in [1.29, 1.82) is 5.41 Å². The minimum atomic E-state index is -0.609. The summed E-state index contributed by atoms with van der Waals surface area (Å²) >= 11 is 6.64. The molecule has 1 fully saturated rings. The zero-order chi connectivity index (χ0) is 30.3. The lowest BCUT2D eigenvalue weighted by Gasteiger charge is -2.42. The van der Waals surface area contributed by atoms with Crippen molar-refractivity contribution in [1.82, 2.24) is 14.9 Å². The molecule has 0 atom stereocenters. The quantitative estimate of drug-likeness (QED) is 0.110. The summed E-state index contributed by atoms with van der Waals surface area (Å²) in [6.45, 7) is 0.970. The van der Waals surface area contributed by atoms with Gasteiger partial charge in [0.05, 0.1) is 11.6 Å². The number of likely N-dealkylation sites (N-methyl/N-ethyl adjacent to an activating group) is 1. The maximum atomic E-state index is 16.2. The van der Waals surface area contributed by atoms with Crippen LogP contribution in [0.5, 0.6) is 5.75 Å².